The maximum atomic E-state index is 11.6. The molecule has 0 bridgehead atoms. The molecule has 5 heteroatoms. The van der Waals surface area contributed by atoms with E-state index in [0.717, 1.165) is 16.6 Å². The molecule has 2 rings (SSSR count). The highest BCUT2D eigenvalue weighted by Gasteiger charge is 2.07. The first-order valence-electron chi connectivity index (χ1n) is 6.24. The third kappa shape index (κ3) is 3.13. The number of nitrogens with two attached hydrogens (primary N) is 1. The molecule has 0 aliphatic carbocycles. The van der Waals surface area contributed by atoms with Crippen LogP contribution in [0, 0.1) is 0 Å². The molecule has 0 aliphatic rings. The molecule has 0 saturated heterocycles. The van der Waals surface area contributed by atoms with Gasteiger partial charge >= 0.3 is 0 Å². The molecule has 1 heterocycles. The van der Waals surface area contributed by atoms with Crippen LogP contribution < -0.4 is 16.4 Å². The second-order valence-electron chi connectivity index (χ2n) is 4.68. The molecule has 1 aromatic carbocycles. The highest BCUT2D eigenvalue weighted by molar-refractivity contribution is 5.99. The molecule has 1 aromatic heterocycles. The van der Waals surface area contributed by atoms with Gasteiger partial charge in [-0.2, -0.15) is 0 Å². The normalized spacial score (nSPS) is 10.7. The predicted octanol–water partition coefficient (Wildman–Crippen LogP) is 1.75. The Kier molecular flexibility index (Phi) is 3.85. The van der Waals surface area contributed by atoms with Crippen LogP contribution in [0.2, 0.25) is 0 Å². The van der Waals surface area contributed by atoms with Gasteiger partial charge in [-0.3, -0.25) is 9.78 Å². The third-order valence-corrected chi connectivity index (χ3v) is 2.69. The SMILES string of the molecule is CC(C)NC(=O)CNc1ccc(N)c2cccnc12. The van der Waals surface area contributed by atoms with Crippen LogP contribution in [0.15, 0.2) is 30.5 Å². The smallest absolute Gasteiger partial charge is 0.239 e. The highest BCUT2D eigenvalue weighted by atomic mass is 16.1. The molecular formula is C14H18N4O. The van der Waals surface area contributed by atoms with Crippen LogP contribution in [0.4, 0.5) is 11.4 Å². The van der Waals surface area contributed by atoms with E-state index >= 15 is 0 Å². The number of amides is 1. The summed E-state index contributed by atoms with van der Waals surface area (Å²) in [5.41, 5.74) is 8.17. The molecule has 0 fully saturated rings. The number of carbonyl (C=O) groups is 1. The number of nitrogen functional groups attached to an aromatic ring is 1. The molecule has 0 radical (unpaired) electrons. The lowest BCUT2D eigenvalue weighted by atomic mass is 10.1. The second-order valence-corrected chi connectivity index (χ2v) is 4.68. The maximum Gasteiger partial charge on any atom is 0.239 e. The zero-order valence-corrected chi connectivity index (χ0v) is 11.1. The fraction of sp³-hybridized carbons (Fsp3) is 0.286. The summed E-state index contributed by atoms with van der Waals surface area (Å²) < 4.78 is 0. The number of rotatable bonds is 4. The highest BCUT2D eigenvalue weighted by Crippen LogP contribution is 2.25. The van der Waals surface area contributed by atoms with E-state index in [4.69, 9.17) is 5.73 Å². The Morgan fingerprint density at radius 1 is 1.37 bits per heavy atom. The summed E-state index contributed by atoms with van der Waals surface area (Å²) in [5.74, 6) is -0.0455. The number of nitrogens with one attached hydrogen (secondary N) is 2. The lowest BCUT2D eigenvalue weighted by Gasteiger charge is -2.12. The van der Waals surface area contributed by atoms with Crippen LogP contribution in [-0.2, 0) is 4.79 Å². The van der Waals surface area contributed by atoms with E-state index in [0.29, 0.717) is 5.69 Å². The monoisotopic (exact) mass is 258 g/mol. The number of carbonyl (C=O) groups excluding carboxylic acids is 1. The summed E-state index contributed by atoms with van der Waals surface area (Å²) in [7, 11) is 0. The van der Waals surface area contributed by atoms with E-state index in [1.165, 1.54) is 0 Å². The van der Waals surface area contributed by atoms with Crippen molar-refractivity contribution in [2.45, 2.75) is 19.9 Å². The van der Waals surface area contributed by atoms with E-state index < -0.39 is 0 Å². The van der Waals surface area contributed by atoms with E-state index in [2.05, 4.69) is 15.6 Å². The number of nitrogens with zero attached hydrogens (tertiary/aromatic N) is 1. The predicted molar refractivity (Wildman–Crippen MR) is 77.9 cm³/mol. The number of benzene rings is 1. The van der Waals surface area contributed by atoms with Gasteiger partial charge in [-0.25, -0.2) is 0 Å². The molecule has 0 saturated carbocycles. The van der Waals surface area contributed by atoms with Crippen molar-refractivity contribution in [3.8, 4) is 0 Å². The van der Waals surface area contributed by atoms with Crippen molar-refractivity contribution in [2.24, 2.45) is 0 Å². The Labute approximate surface area is 112 Å². The third-order valence-electron chi connectivity index (χ3n) is 2.69. The molecule has 0 aliphatic heterocycles. The largest absolute Gasteiger partial charge is 0.398 e. The fourth-order valence-corrected chi connectivity index (χ4v) is 1.89. The number of hydrogen-bond donors (Lipinski definition) is 3. The van der Waals surface area contributed by atoms with Crippen LogP contribution >= 0.6 is 0 Å². The Morgan fingerprint density at radius 2 is 2.16 bits per heavy atom. The Morgan fingerprint density at radius 3 is 2.89 bits per heavy atom. The van der Waals surface area contributed by atoms with Gasteiger partial charge < -0.3 is 16.4 Å². The average molecular weight is 258 g/mol. The van der Waals surface area contributed by atoms with Crippen molar-refractivity contribution in [3.63, 3.8) is 0 Å². The topological polar surface area (TPSA) is 80.0 Å². The summed E-state index contributed by atoms with van der Waals surface area (Å²) >= 11 is 0. The van der Waals surface area contributed by atoms with Gasteiger partial charge in [0.05, 0.1) is 17.7 Å². The molecule has 1 amide bonds. The summed E-state index contributed by atoms with van der Waals surface area (Å²) in [6.07, 6.45) is 1.71. The molecular weight excluding hydrogens is 240 g/mol. The van der Waals surface area contributed by atoms with E-state index in [-0.39, 0.29) is 18.5 Å². The minimum atomic E-state index is -0.0455. The molecule has 4 N–H and O–H groups in total. The van der Waals surface area contributed by atoms with Gasteiger partial charge in [-0.1, -0.05) is 0 Å². The number of hydrogen-bond acceptors (Lipinski definition) is 4. The average Bonchev–Trinajstić information content (AvgIpc) is 2.37. The molecule has 0 atom stereocenters. The summed E-state index contributed by atoms with van der Waals surface area (Å²) in [4.78, 5) is 15.9. The molecule has 100 valence electrons. The maximum absolute atomic E-state index is 11.6. The number of aromatic nitrogens is 1. The first-order chi connectivity index (χ1) is 9.08. The first-order valence-corrected chi connectivity index (χ1v) is 6.24. The van der Waals surface area contributed by atoms with E-state index in [1.807, 2.05) is 38.1 Å². The van der Waals surface area contributed by atoms with Gasteiger partial charge in [0.2, 0.25) is 5.91 Å². The lowest BCUT2D eigenvalue weighted by Crippen LogP contribution is -2.34. The quantitative estimate of drug-likeness (QED) is 0.730. The summed E-state index contributed by atoms with van der Waals surface area (Å²) in [6, 6.07) is 7.54. The van der Waals surface area contributed by atoms with Crippen molar-refractivity contribution in [1.82, 2.24) is 10.3 Å². The van der Waals surface area contributed by atoms with Gasteiger partial charge in [-0.05, 0) is 38.1 Å². The summed E-state index contributed by atoms with van der Waals surface area (Å²) in [5, 5.41) is 6.80. The first kappa shape index (κ1) is 13.1. The van der Waals surface area contributed by atoms with Crippen LogP contribution in [-0.4, -0.2) is 23.5 Å². The van der Waals surface area contributed by atoms with Crippen molar-refractivity contribution >= 4 is 28.2 Å². The molecule has 19 heavy (non-hydrogen) atoms. The van der Waals surface area contributed by atoms with Gasteiger partial charge in [0, 0.05) is 23.3 Å². The van der Waals surface area contributed by atoms with Crippen LogP contribution in [0.5, 0.6) is 0 Å². The zero-order chi connectivity index (χ0) is 13.8. The Bertz CT molecular complexity index is 595. The van der Waals surface area contributed by atoms with Crippen LogP contribution in [0.1, 0.15) is 13.8 Å². The van der Waals surface area contributed by atoms with Crippen LogP contribution in [0.3, 0.4) is 0 Å². The van der Waals surface area contributed by atoms with E-state index in [1.54, 1.807) is 6.20 Å². The fourth-order valence-electron chi connectivity index (χ4n) is 1.89. The lowest BCUT2D eigenvalue weighted by molar-refractivity contribution is -0.119. The number of anilines is 2. The van der Waals surface area contributed by atoms with Gasteiger partial charge in [0.25, 0.3) is 0 Å². The standard InChI is InChI=1S/C14H18N4O/c1-9(2)18-13(19)8-17-12-6-5-11(15)10-4-3-7-16-14(10)12/h3-7,9,17H,8,15H2,1-2H3,(H,18,19). The van der Waals surface area contributed by atoms with Crippen molar-refractivity contribution < 1.29 is 4.79 Å². The number of pyridine rings is 1. The van der Waals surface area contributed by atoms with Crippen LogP contribution in [0.25, 0.3) is 10.9 Å². The van der Waals surface area contributed by atoms with Gasteiger partial charge in [0.15, 0.2) is 0 Å². The minimum absolute atomic E-state index is 0.0455. The zero-order valence-electron chi connectivity index (χ0n) is 11.1. The second kappa shape index (κ2) is 5.56. The number of fused-ring (bicyclic) bond motifs is 1. The van der Waals surface area contributed by atoms with Crippen molar-refractivity contribution in [3.05, 3.63) is 30.5 Å². The molecule has 2 aromatic rings. The van der Waals surface area contributed by atoms with Crippen molar-refractivity contribution in [2.75, 3.05) is 17.6 Å². The van der Waals surface area contributed by atoms with Gasteiger partial charge in [-0.15, -0.1) is 0 Å². The Balaban J connectivity index is 2.17. The van der Waals surface area contributed by atoms with Gasteiger partial charge in [0.1, 0.15) is 0 Å². The molecule has 5 nitrogen and oxygen atoms in total. The van der Waals surface area contributed by atoms with E-state index in [9.17, 15) is 4.79 Å². The summed E-state index contributed by atoms with van der Waals surface area (Å²) in [6.45, 7) is 4.07. The Hall–Kier alpha value is -2.30. The minimum Gasteiger partial charge on any atom is -0.398 e. The molecule has 0 unspecified atom stereocenters. The molecule has 0 spiro atoms. The van der Waals surface area contributed by atoms with Crippen molar-refractivity contribution in [1.29, 1.82) is 0 Å².